The quantitative estimate of drug-likeness (QED) is 0.583. The van der Waals surface area contributed by atoms with Crippen molar-refractivity contribution in [2.45, 2.75) is 31.5 Å². The first kappa shape index (κ1) is 20.8. The van der Waals surface area contributed by atoms with Crippen LogP contribution in [0.3, 0.4) is 0 Å². The Balaban J connectivity index is 1.12. The summed E-state index contributed by atoms with van der Waals surface area (Å²) in [5, 5.41) is 0. The molecule has 32 heavy (non-hydrogen) atoms. The third-order valence-electron chi connectivity index (χ3n) is 5.98. The number of carbonyl (C=O) groups excluding carboxylic acids is 1. The summed E-state index contributed by atoms with van der Waals surface area (Å²) in [6, 6.07) is 9.77. The van der Waals surface area contributed by atoms with Gasteiger partial charge < -0.3 is 18.8 Å². The van der Waals surface area contributed by atoms with Crippen LogP contribution < -0.4 is 4.74 Å². The number of nitrogens with zero attached hydrogens (tertiary/aromatic N) is 4. The number of likely N-dealkylation sites (tertiary alicyclic amines) is 1. The fourth-order valence-electron chi connectivity index (χ4n) is 4.28. The van der Waals surface area contributed by atoms with Crippen LogP contribution in [0.25, 0.3) is 11.2 Å². The third-order valence-corrected chi connectivity index (χ3v) is 5.98. The average Bonchev–Trinajstić information content (AvgIpc) is 3.22. The molecule has 0 aliphatic carbocycles. The second kappa shape index (κ2) is 9.22. The molecule has 2 aromatic heterocycles. The summed E-state index contributed by atoms with van der Waals surface area (Å²) in [7, 11) is 0. The average molecular weight is 440 g/mol. The van der Waals surface area contributed by atoms with Gasteiger partial charge in [0.2, 0.25) is 11.8 Å². The zero-order valence-electron chi connectivity index (χ0n) is 17.7. The van der Waals surface area contributed by atoms with Gasteiger partial charge in [-0.3, -0.25) is 9.69 Å². The van der Waals surface area contributed by atoms with E-state index in [0.29, 0.717) is 42.6 Å². The monoisotopic (exact) mass is 440 g/mol. The second-order valence-corrected chi connectivity index (χ2v) is 8.18. The predicted molar refractivity (Wildman–Crippen MR) is 113 cm³/mol. The molecule has 8 nitrogen and oxygen atoms in total. The van der Waals surface area contributed by atoms with E-state index in [2.05, 4.69) is 14.9 Å². The SMILES string of the molecule is O=C1COC(COc2ccc(F)cc2)CN1C1CCN(Cc2nc3ncccc3o2)CC1. The zero-order valence-corrected chi connectivity index (χ0v) is 17.7. The number of rotatable bonds is 6. The Morgan fingerprint density at radius 2 is 1.97 bits per heavy atom. The molecule has 1 atom stereocenters. The lowest BCUT2D eigenvalue weighted by Gasteiger charge is -2.41. The van der Waals surface area contributed by atoms with E-state index < -0.39 is 0 Å². The van der Waals surface area contributed by atoms with Crippen LogP contribution in [-0.2, 0) is 16.1 Å². The van der Waals surface area contributed by atoms with Crippen LogP contribution >= 0.6 is 0 Å². The molecular formula is C23H25FN4O4. The van der Waals surface area contributed by atoms with E-state index >= 15 is 0 Å². The molecule has 2 fully saturated rings. The molecule has 1 aromatic carbocycles. The molecule has 3 aromatic rings. The molecule has 2 aliphatic rings. The van der Waals surface area contributed by atoms with Gasteiger partial charge in [0.15, 0.2) is 11.2 Å². The van der Waals surface area contributed by atoms with Crippen LogP contribution in [-0.4, -0.2) is 70.7 Å². The number of carbonyl (C=O) groups is 1. The highest BCUT2D eigenvalue weighted by atomic mass is 19.1. The molecule has 0 bridgehead atoms. The summed E-state index contributed by atoms with van der Waals surface area (Å²) in [6.45, 7) is 3.24. The molecule has 2 aliphatic heterocycles. The maximum absolute atomic E-state index is 13.0. The Kier molecular flexibility index (Phi) is 6.00. The van der Waals surface area contributed by atoms with Crippen molar-refractivity contribution in [1.29, 1.82) is 0 Å². The fraction of sp³-hybridized carbons (Fsp3) is 0.435. The van der Waals surface area contributed by atoms with E-state index in [-0.39, 0.29) is 30.5 Å². The Morgan fingerprint density at radius 1 is 1.16 bits per heavy atom. The number of hydrogen-bond donors (Lipinski definition) is 0. The number of pyridine rings is 1. The van der Waals surface area contributed by atoms with E-state index in [1.54, 1.807) is 18.3 Å². The normalized spacial score (nSPS) is 20.7. The summed E-state index contributed by atoms with van der Waals surface area (Å²) >= 11 is 0. The Bertz CT molecular complexity index is 1030. The number of oxazole rings is 1. The summed E-state index contributed by atoms with van der Waals surface area (Å²) < 4.78 is 30.2. The molecule has 5 rings (SSSR count). The number of piperidine rings is 1. The van der Waals surface area contributed by atoms with Gasteiger partial charge >= 0.3 is 0 Å². The minimum atomic E-state index is -0.304. The van der Waals surface area contributed by atoms with Gasteiger partial charge in [-0.05, 0) is 49.2 Å². The molecular weight excluding hydrogens is 415 g/mol. The molecule has 0 spiro atoms. The van der Waals surface area contributed by atoms with Crippen LogP contribution in [0.1, 0.15) is 18.7 Å². The van der Waals surface area contributed by atoms with Crippen LogP contribution in [0.5, 0.6) is 5.75 Å². The molecule has 0 saturated carbocycles. The molecule has 4 heterocycles. The van der Waals surface area contributed by atoms with Crippen LogP contribution in [0.2, 0.25) is 0 Å². The lowest BCUT2D eigenvalue weighted by atomic mass is 10.0. The van der Waals surface area contributed by atoms with E-state index in [4.69, 9.17) is 13.9 Å². The smallest absolute Gasteiger partial charge is 0.248 e. The fourth-order valence-corrected chi connectivity index (χ4v) is 4.28. The number of amides is 1. The molecule has 1 amide bonds. The first-order valence-electron chi connectivity index (χ1n) is 10.9. The van der Waals surface area contributed by atoms with E-state index in [1.165, 1.54) is 12.1 Å². The van der Waals surface area contributed by atoms with Crippen molar-refractivity contribution in [1.82, 2.24) is 19.8 Å². The number of halogens is 1. The summed E-state index contributed by atoms with van der Waals surface area (Å²) in [5.41, 5.74) is 1.33. The Morgan fingerprint density at radius 3 is 2.75 bits per heavy atom. The highest BCUT2D eigenvalue weighted by molar-refractivity contribution is 5.78. The number of hydrogen-bond acceptors (Lipinski definition) is 7. The second-order valence-electron chi connectivity index (χ2n) is 8.18. The Labute approximate surface area is 184 Å². The summed E-state index contributed by atoms with van der Waals surface area (Å²) in [6.07, 6.45) is 3.27. The van der Waals surface area contributed by atoms with Crippen LogP contribution in [0.4, 0.5) is 4.39 Å². The lowest BCUT2D eigenvalue weighted by molar-refractivity contribution is -0.155. The van der Waals surface area contributed by atoms with Crippen molar-refractivity contribution < 1.29 is 23.1 Å². The van der Waals surface area contributed by atoms with Gasteiger partial charge in [0.1, 0.15) is 30.9 Å². The van der Waals surface area contributed by atoms with Gasteiger partial charge in [-0.25, -0.2) is 9.37 Å². The topological polar surface area (TPSA) is 80.9 Å². The lowest BCUT2D eigenvalue weighted by Crippen LogP contribution is -2.55. The van der Waals surface area contributed by atoms with Crippen LogP contribution in [0, 0.1) is 5.82 Å². The molecule has 9 heteroatoms. The zero-order chi connectivity index (χ0) is 21.9. The van der Waals surface area contributed by atoms with Crippen molar-refractivity contribution >= 4 is 17.1 Å². The molecule has 2 saturated heterocycles. The summed E-state index contributed by atoms with van der Waals surface area (Å²) in [4.78, 5) is 25.4. The highest BCUT2D eigenvalue weighted by Gasteiger charge is 2.34. The number of fused-ring (bicyclic) bond motifs is 1. The maximum Gasteiger partial charge on any atom is 0.248 e. The van der Waals surface area contributed by atoms with Gasteiger partial charge in [-0.1, -0.05) is 0 Å². The van der Waals surface area contributed by atoms with Gasteiger partial charge in [0, 0.05) is 25.3 Å². The number of morpholine rings is 1. The third kappa shape index (κ3) is 4.73. The molecule has 1 unspecified atom stereocenters. The molecule has 0 radical (unpaired) electrons. The number of benzene rings is 1. The first-order chi connectivity index (χ1) is 15.6. The number of ether oxygens (including phenoxy) is 2. The van der Waals surface area contributed by atoms with Crippen molar-refractivity contribution in [3.8, 4) is 5.75 Å². The minimum Gasteiger partial charge on any atom is -0.491 e. The number of aromatic nitrogens is 2. The molecule has 168 valence electrons. The van der Waals surface area contributed by atoms with Gasteiger partial charge in [-0.15, -0.1) is 0 Å². The van der Waals surface area contributed by atoms with Crippen LogP contribution in [0.15, 0.2) is 47.0 Å². The van der Waals surface area contributed by atoms with E-state index in [9.17, 15) is 9.18 Å². The van der Waals surface area contributed by atoms with Crippen molar-refractivity contribution in [3.05, 3.63) is 54.3 Å². The largest absolute Gasteiger partial charge is 0.491 e. The predicted octanol–water partition coefficient (Wildman–Crippen LogP) is 2.63. The first-order valence-corrected chi connectivity index (χ1v) is 10.9. The van der Waals surface area contributed by atoms with Gasteiger partial charge in [0.05, 0.1) is 13.1 Å². The maximum atomic E-state index is 13.0. The van der Waals surface area contributed by atoms with Gasteiger partial charge in [0.25, 0.3) is 0 Å². The highest BCUT2D eigenvalue weighted by Crippen LogP contribution is 2.23. The van der Waals surface area contributed by atoms with Crippen molar-refractivity contribution in [2.24, 2.45) is 0 Å². The minimum absolute atomic E-state index is 0.0199. The standard InChI is InChI=1S/C23H25FN4O4/c24-16-3-5-18(6-4-16)30-14-19-12-28(22(29)15-31-19)17-7-10-27(11-8-17)13-21-26-23-20(32-21)2-1-9-25-23/h1-6,9,17,19H,7-8,10-15H2. The van der Waals surface area contributed by atoms with E-state index in [1.807, 2.05) is 17.0 Å². The summed E-state index contributed by atoms with van der Waals surface area (Å²) in [5.74, 6) is 0.965. The Hall–Kier alpha value is -3.04. The van der Waals surface area contributed by atoms with E-state index in [0.717, 1.165) is 25.9 Å². The van der Waals surface area contributed by atoms with Gasteiger partial charge in [-0.2, -0.15) is 4.98 Å². The van der Waals surface area contributed by atoms with Crippen molar-refractivity contribution in [2.75, 3.05) is 32.8 Å². The van der Waals surface area contributed by atoms with Crippen molar-refractivity contribution in [3.63, 3.8) is 0 Å². The molecule has 0 N–H and O–H groups in total.